The van der Waals surface area contributed by atoms with E-state index in [0.717, 1.165) is 0 Å². The topological polar surface area (TPSA) is 133 Å². The number of rotatable bonds is 8. The molecule has 0 aliphatic carbocycles. The Morgan fingerprint density at radius 2 is 1.78 bits per heavy atom. The number of hydrogen-bond donors (Lipinski definition) is 2. The SMILES string of the molecule is COc1cccc([C@H]2O[C@H](CC(=O)N3CCC(CC(=O)O)CC3)c3ccc(C(N)=O)n3-c3ccc(Cl)cc32)c1OC. The lowest BCUT2D eigenvalue weighted by Crippen LogP contribution is -2.39. The van der Waals surface area contributed by atoms with Crippen LogP contribution >= 0.6 is 11.6 Å². The second-order valence-corrected chi connectivity index (χ2v) is 10.7. The number of primary amides is 1. The molecule has 2 aliphatic rings. The van der Waals surface area contributed by atoms with E-state index in [1.165, 1.54) is 0 Å². The van der Waals surface area contributed by atoms with Crippen LogP contribution in [0.5, 0.6) is 11.5 Å². The maximum atomic E-state index is 13.6. The lowest BCUT2D eigenvalue weighted by molar-refractivity contribution is -0.139. The fourth-order valence-electron chi connectivity index (χ4n) is 5.84. The van der Waals surface area contributed by atoms with Crippen molar-refractivity contribution < 1.29 is 33.7 Å². The lowest BCUT2D eigenvalue weighted by Gasteiger charge is -2.33. The van der Waals surface area contributed by atoms with Crippen LogP contribution in [0.3, 0.4) is 0 Å². The molecule has 0 radical (unpaired) electrons. The average molecular weight is 582 g/mol. The van der Waals surface area contributed by atoms with Crippen LogP contribution < -0.4 is 15.2 Å². The molecule has 2 aliphatic heterocycles. The van der Waals surface area contributed by atoms with E-state index >= 15 is 0 Å². The van der Waals surface area contributed by atoms with Gasteiger partial charge in [-0.1, -0.05) is 23.7 Å². The van der Waals surface area contributed by atoms with E-state index < -0.39 is 24.1 Å². The number of piperidine rings is 1. The zero-order valence-electron chi connectivity index (χ0n) is 22.8. The van der Waals surface area contributed by atoms with Crippen LogP contribution in [-0.2, 0) is 14.3 Å². The van der Waals surface area contributed by atoms with Crippen LogP contribution in [0, 0.1) is 5.92 Å². The van der Waals surface area contributed by atoms with Crippen molar-refractivity contribution in [3.63, 3.8) is 0 Å². The Morgan fingerprint density at radius 3 is 2.44 bits per heavy atom. The standard InChI is InChI=1S/C30H32ClN3O7/c1-39-24-5-3-4-19(29(24)40-2)28-20-15-18(31)6-7-21(20)34-22(8-9-23(34)30(32)38)25(41-28)16-26(35)33-12-10-17(11-13-33)14-27(36)37/h3-9,15,17,25,28H,10-14,16H2,1-2H3,(H2,32,38)(H,36,37)/t25-,28-/m1/s1. The van der Waals surface area contributed by atoms with Gasteiger partial charge in [-0.3, -0.25) is 14.4 Å². The highest BCUT2D eigenvalue weighted by Crippen LogP contribution is 2.47. The molecule has 2 aromatic carbocycles. The molecule has 216 valence electrons. The average Bonchev–Trinajstić information content (AvgIpc) is 3.35. The Kier molecular flexibility index (Phi) is 8.23. The van der Waals surface area contributed by atoms with Gasteiger partial charge in [0, 0.05) is 35.7 Å². The Balaban J connectivity index is 1.57. The number of nitrogens with zero attached hydrogens (tertiary/aromatic N) is 2. The lowest BCUT2D eigenvalue weighted by atomic mass is 9.93. The minimum Gasteiger partial charge on any atom is -0.493 e. The first-order chi connectivity index (χ1) is 19.7. The first-order valence-electron chi connectivity index (χ1n) is 13.4. The Labute approximate surface area is 242 Å². The number of carbonyl (C=O) groups excluding carboxylic acids is 2. The van der Waals surface area contributed by atoms with E-state index in [0.29, 0.717) is 65.0 Å². The summed E-state index contributed by atoms with van der Waals surface area (Å²) in [6.07, 6.45) is -0.162. The molecule has 1 fully saturated rings. The maximum Gasteiger partial charge on any atom is 0.303 e. The molecule has 41 heavy (non-hydrogen) atoms. The second-order valence-electron chi connectivity index (χ2n) is 10.3. The first kappa shape index (κ1) is 28.5. The number of likely N-dealkylation sites (tertiary alicyclic amines) is 1. The number of nitrogens with two attached hydrogens (primary N) is 1. The summed E-state index contributed by atoms with van der Waals surface area (Å²) in [7, 11) is 3.09. The molecule has 11 heteroatoms. The van der Waals surface area contributed by atoms with E-state index in [4.69, 9.17) is 36.7 Å². The summed E-state index contributed by atoms with van der Waals surface area (Å²) in [6.45, 7) is 0.944. The number of carboxylic acids is 1. The molecule has 2 atom stereocenters. The van der Waals surface area contributed by atoms with Crippen LogP contribution in [0.15, 0.2) is 48.5 Å². The summed E-state index contributed by atoms with van der Waals surface area (Å²) in [4.78, 5) is 39.0. The number of para-hydroxylation sites is 1. The number of hydrogen-bond acceptors (Lipinski definition) is 6. The number of carbonyl (C=O) groups is 3. The molecule has 10 nitrogen and oxygen atoms in total. The molecular weight excluding hydrogens is 550 g/mol. The molecule has 0 spiro atoms. The highest BCUT2D eigenvalue weighted by atomic mass is 35.5. The zero-order valence-corrected chi connectivity index (χ0v) is 23.6. The normalized spacial score (nSPS) is 18.7. The van der Waals surface area contributed by atoms with Crippen LogP contribution in [0.25, 0.3) is 5.69 Å². The van der Waals surface area contributed by atoms with Crippen LogP contribution in [0.1, 0.15) is 65.2 Å². The van der Waals surface area contributed by atoms with E-state index in [-0.39, 0.29) is 30.4 Å². The highest BCUT2D eigenvalue weighted by molar-refractivity contribution is 6.30. The van der Waals surface area contributed by atoms with E-state index in [9.17, 15) is 14.4 Å². The summed E-state index contributed by atoms with van der Waals surface area (Å²) >= 11 is 6.47. The van der Waals surface area contributed by atoms with Crippen molar-refractivity contribution in [2.45, 2.75) is 37.9 Å². The zero-order chi connectivity index (χ0) is 29.3. The number of amides is 2. The van der Waals surface area contributed by atoms with Gasteiger partial charge < -0.3 is 34.5 Å². The van der Waals surface area contributed by atoms with E-state index in [1.54, 1.807) is 60.1 Å². The number of carboxylic acid groups (broad SMARTS) is 1. The second kappa shape index (κ2) is 11.8. The van der Waals surface area contributed by atoms with Crippen molar-refractivity contribution >= 4 is 29.4 Å². The monoisotopic (exact) mass is 581 g/mol. The maximum absolute atomic E-state index is 13.6. The van der Waals surface area contributed by atoms with Crippen molar-refractivity contribution in [2.75, 3.05) is 27.3 Å². The van der Waals surface area contributed by atoms with Crippen molar-refractivity contribution in [3.8, 4) is 17.2 Å². The van der Waals surface area contributed by atoms with Gasteiger partial charge in [-0.2, -0.15) is 0 Å². The molecule has 5 rings (SSSR count). The Morgan fingerprint density at radius 1 is 1.02 bits per heavy atom. The first-order valence-corrected chi connectivity index (χ1v) is 13.8. The Hall–Kier alpha value is -4.02. The summed E-state index contributed by atoms with van der Waals surface area (Å²) < 4.78 is 19.8. The molecule has 3 N–H and O–H groups in total. The van der Waals surface area contributed by atoms with Gasteiger partial charge in [-0.15, -0.1) is 0 Å². The fourth-order valence-corrected chi connectivity index (χ4v) is 6.02. The van der Waals surface area contributed by atoms with Crippen LogP contribution in [0.2, 0.25) is 5.02 Å². The van der Waals surface area contributed by atoms with Crippen molar-refractivity contribution in [1.82, 2.24) is 9.47 Å². The molecule has 1 saturated heterocycles. The number of fused-ring (bicyclic) bond motifs is 3. The van der Waals surface area contributed by atoms with E-state index in [1.807, 2.05) is 12.1 Å². The number of benzene rings is 2. The third-order valence-corrected chi connectivity index (χ3v) is 8.05. The summed E-state index contributed by atoms with van der Waals surface area (Å²) in [5.41, 5.74) is 8.59. The van der Waals surface area contributed by atoms with Gasteiger partial charge in [0.2, 0.25) is 5.91 Å². The van der Waals surface area contributed by atoms with Crippen molar-refractivity contribution in [1.29, 1.82) is 0 Å². The summed E-state index contributed by atoms with van der Waals surface area (Å²) in [6, 6.07) is 14.1. The van der Waals surface area contributed by atoms with Gasteiger partial charge >= 0.3 is 5.97 Å². The van der Waals surface area contributed by atoms with Crippen LogP contribution in [0.4, 0.5) is 0 Å². The van der Waals surface area contributed by atoms with Crippen molar-refractivity contribution in [3.05, 3.63) is 76.1 Å². The predicted molar refractivity (Wildman–Crippen MR) is 151 cm³/mol. The van der Waals surface area contributed by atoms with E-state index in [2.05, 4.69) is 0 Å². The highest BCUT2D eigenvalue weighted by Gasteiger charge is 2.37. The summed E-state index contributed by atoms with van der Waals surface area (Å²) in [5.74, 6) is -0.553. The van der Waals surface area contributed by atoms with Gasteiger partial charge in [-0.25, -0.2) is 0 Å². The number of aliphatic carboxylic acids is 1. The minimum atomic E-state index is -0.827. The van der Waals surface area contributed by atoms with Crippen LogP contribution in [-0.4, -0.2) is 59.7 Å². The Bertz CT molecular complexity index is 1480. The number of ether oxygens (including phenoxy) is 3. The van der Waals surface area contributed by atoms with Gasteiger partial charge in [0.15, 0.2) is 11.5 Å². The third-order valence-electron chi connectivity index (χ3n) is 7.81. The largest absolute Gasteiger partial charge is 0.493 e. The molecule has 3 heterocycles. The summed E-state index contributed by atoms with van der Waals surface area (Å²) in [5, 5.41) is 9.61. The number of aromatic nitrogens is 1. The molecule has 0 unspecified atom stereocenters. The third kappa shape index (κ3) is 5.62. The van der Waals surface area contributed by atoms with Gasteiger partial charge in [-0.05, 0) is 55.2 Å². The van der Waals surface area contributed by atoms with Gasteiger partial charge in [0.25, 0.3) is 5.91 Å². The smallest absolute Gasteiger partial charge is 0.303 e. The van der Waals surface area contributed by atoms with Gasteiger partial charge in [0.05, 0.1) is 32.0 Å². The number of halogens is 1. The molecule has 2 amide bonds. The molecule has 0 bridgehead atoms. The molecule has 1 aromatic heterocycles. The predicted octanol–water partition coefficient (Wildman–Crippen LogP) is 4.51. The fraction of sp³-hybridized carbons (Fsp3) is 0.367. The van der Waals surface area contributed by atoms with Crippen molar-refractivity contribution in [2.24, 2.45) is 11.7 Å². The quantitative estimate of drug-likeness (QED) is 0.400. The van der Waals surface area contributed by atoms with Gasteiger partial charge in [0.1, 0.15) is 17.9 Å². The molecule has 3 aromatic rings. The minimum absolute atomic E-state index is 0.00365. The molecule has 0 saturated carbocycles. The number of methoxy groups -OCH3 is 2. The molecular formula is C30H32ClN3O7.